The molecule has 0 fully saturated rings. The average Bonchev–Trinajstić information content (AvgIpc) is 2.77. The molecule has 0 saturated heterocycles. The van der Waals surface area contributed by atoms with E-state index in [0.29, 0.717) is 25.8 Å². The minimum absolute atomic E-state index is 0.0730. The number of aromatic nitrogens is 2. The van der Waals surface area contributed by atoms with E-state index in [9.17, 15) is 22.4 Å². The van der Waals surface area contributed by atoms with Gasteiger partial charge in [0.2, 0.25) is 0 Å². The SMILES string of the molecule is CCCN(CCC)c1cc(C(C)(F)F)cc(-c2ccnc3c2[C@@H](C(C)(F)F)OC(=O)N3)n1.[CH3][Sb]. The van der Waals surface area contributed by atoms with Crippen molar-refractivity contribution >= 4 is 40.8 Å². The summed E-state index contributed by atoms with van der Waals surface area (Å²) >= 11 is 1.75. The van der Waals surface area contributed by atoms with E-state index in [1.54, 1.807) is 23.0 Å². The van der Waals surface area contributed by atoms with Gasteiger partial charge in [0.25, 0.3) is 11.8 Å². The van der Waals surface area contributed by atoms with Gasteiger partial charge in [0, 0.05) is 44.3 Å². The molecule has 11 heteroatoms. The fourth-order valence-corrected chi connectivity index (χ4v) is 3.66. The van der Waals surface area contributed by atoms with Crippen LogP contribution in [0, 0.1) is 0 Å². The van der Waals surface area contributed by atoms with E-state index < -0.39 is 24.0 Å². The van der Waals surface area contributed by atoms with E-state index in [-0.39, 0.29) is 28.2 Å². The van der Waals surface area contributed by atoms with E-state index in [1.165, 1.54) is 24.4 Å². The Hall–Kier alpha value is -2.09. The molecule has 0 unspecified atom stereocenters. The number of fused-ring (bicyclic) bond motifs is 1. The normalized spacial score (nSPS) is 15.5. The standard InChI is InChI=1S/C22H26F4N4O2.CH3.Sb/c1-5-9-30(10-6-2)16-12-13(21(3,23)24)11-15(28-16)14-7-8-27-19-17(14)18(22(4,25)26)32-20(31)29-19;;/h7-8,11-12,18H,5-6,9-10H2,1-4H3,(H,27,29,31);1H3;/t18-;;/m0../s1. The summed E-state index contributed by atoms with van der Waals surface area (Å²) in [6, 6.07) is 3.91. The second-order valence-electron chi connectivity index (χ2n) is 7.96. The third kappa shape index (κ3) is 6.52. The number of amides is 1. The van der Waals surface area contributed by atoms with Crippen LogP contribution in [-0.4, -0.2) is 58.1 Å². The van der Waals surface area contributed by atoms with Crippen molar-refractivity contribution in [2.75, 3.05) is 23.3 Å². The van der Waals surface area contributed by atoms with Crippen LogP contribution in [0.3, 0.4) is 0 Å². The minimum atomic E-state index is -3.43. The van der Waals surface area contributed by atoms with Crippen LogP contribution in [0.5, 0.6) is 0 Å². The molecule has 0 bridgehead atoms. The van der Waals surface area contributed by atoms with Gasteiger partial charge in [0.15, 0.2) is 6.10 Å². The van der Waals surface area contributed by atoms with E-state index in [4.69, 9.17) is 4.74 Å². The van der Waals surface area contributed by atoms with Gasteiger partial charge in [-0.3, -0.25) is 5.32 Å². The van der Waals surface area contributed by atoms with Crippen molar-refractivity contribution in [2.45, 2.75) is 63.4 Å². The zero-order valence-electron chi connectivity index (χ0n) is 19.8. The number of anilines is 2. The summed E-state index contributed by atoms with van der Waals surface area (Å²) in [7, 11) is 0. The summed E-state index contributed by atoms with van der Waals surface area (Å²) in [5.41, 5.74) is -0.182. The van der Waals surface area contributed by atoms with Crippen LogP contribution >= 0.6 is 0 Å². The average molecular weight is 591 g/mol. The van der Waals surface area contributed by atoms with Crippen molar-refractivity contribution in [1.29, 1.82) is 0 Å². The first-order valence-electron chi connectivity index (χ1n) is 10.9. The van der Waals surface area contributed by atoms with Crippen molar-refractivity contribution in [3.05, 3.63) is 35.5 Å². The number of cyclic esters (lactones) is 1. The van der Waals surface area contributed by atoms with Gasteiger partial charge in [-0.2, -0.15) is 0 Å². The molecule has 0 aliphatic carbocycles. The van der Waals surface area contributed by atoms with Crippen LogP contribution < -0.4 is 10.2 Å². The molecule has 1 amide bonds. The number of carbonyl (C=O) groups excluding carboxylic acids is 1. The summed E-state index contributed by atoms with van der Waals surface area (Å²) in [5, 5.41) is 2.30. The Bertz CT molecular complexity index is 990. The second kappa shape index (κ2) is 11.6. The second-order valence-corrected chi connectivity index (χ2v) is 7.96. The number of ether oxygens (including phenoxy) is 1. The van der Waals surface area contributed by atoms with Crippen LogP contribution in [0.2, 0.25) is 4.87 Å². The molecule has 2 aromatic heterocycles. The van der Waals surface area contributed by atoms with Crippen molar-refractivity contribution in [1.82, 2.24) is 9.97 Å². The molecular formula is C23H29F4N4O2Sb. The molecule has 0 aromatic carbocycles. The fraction of sp³-hybridized carbons (Fsp3) is 0.522. The maximum absolute atomic E-state index is 14.4. The Morgan fingerprint density at radius 3 is 2.26 bits per heavy atom. The van der Waals surface area contributed by atoms with Gasteiger partial charge in [-0.05, 0) is 31.0 Å². The molecule has 1 aliphatic rings. The monoisotopic (exact) mass is 590 g/mol. The van der Waals surface area contributed by atoms with Crippen LogP contribution in [0.4, 0.5) is 34.0 Å². The molecule has 2 aromatic rings. The van der Waals surface area contributed by atoms with Crippen molar-refractivity contribution in [3.8, 4) is 11.3 Å². The summed E-state index contributed by atoms with van der Waals surface area (Å²) in [5.74, 6) is -6.40. The van der Waals surface area contributed by atoms with E-state index in [2.05, 4.69) is 20.2 Å². The number of hydrogen-bond donors (Lipinski definition) is 1. The molecule has 0 saturated carbocycles. The fourth-order valence-electron chi connectivity index (χ4n) is 3.66. The predicted octanol–water partition coefficient (Wildman–Crippen LogP) is 6.34. The van der Waals surface area contributed by atoms with Gasteiger partial charge >= 0.3 is 34.0 Å². The third-order valence-electron chi connectivity index (χ3n) is 5.06. The topological polar surface area (TPSA) is 67.4 Å². The summed E-state index contributed by atoms with van der Waals surface area (Å²) in [6.07, 6.45) is -0.142. The molecule has 6 nitrogen and oxygen atoms in total. The van der Waals surface area contributed by atoms with Gasteiger partial charge in [0.05, 0.1) is 11.3 Å². The predicted molar refractivity (Wildman–Crippen MR) is 125 cm³/mol. The quantitative estimate of drug-likeness (QED) is 0.287. The van der Waals surface area contributed by atoms with Gasteiger partial charge in [-0.1, -0.05) is 13.8 Å². The van der Waals surface area contributed by atoms with Crippen molar-refractivity contribution in [2.24, 2.45) is 0 Å². The van der Waals surface area contributed by atoms with Gasteiger partial charge in [-0.25, -0.2) is 32.3 Å². The first kappa shape index (κ1) is 28.1. The zero-order chi connectivity index (χ0) is 25.7. The van der Waals surface area contributed by atoms with Crippen LogP contribution in [-0.2, 0) is 10.7 Å². The summed E-state index contributed by atoms with van der Waals surface area (Å²) in [4.78, 5) is 24.2. The number of hydrogen-bond acceptors (Lipinski definition) is 5. The number of alkyl halides is 4. The maximum atomic E-state index is 14.4. The molecule has 2 radical (unpaired) electrons. The van der Waals surface area contributed by atoms with Gasteiger partial charge < -0.3 is 9.64 Å². The molecule has 1 aliphatic heterocycles. The molecule has 3 rings (SSSR count). The number of carbonyl (C=O) groups is 1. The molecule has 1 N–H and O–H groups in total. The molecule has 186 valence electrons. The Morgan fingerprint density at radius 1 is 1.12 bits per heavy atom. The van der Waals surface area contributed by atoms with Crippen LogP contribution in [0.25, 0.3) is 11.3 Å². The van der Waals surface area contributed by atoms with Gasteiger partial charge in [-0.15, -0.1) is 0 Å². The van der Waals surface area contributed by atoms with Crippen LogP contribution in [0.15, 0.2) is 24.4 Å². The molecule has 1 atom stereocenters. The number of nitrogens with zero attached hydrogens (tertiary/aromatic N) is 3. The Kier molecular flexibility index (Phi) is 9.57. The van der Waals surface area contributed by atoms with Crippen molar-refractivity contribution < 1.29 is 27.1 Å². The molecular weight excluding hydrogens is 562 g/mol. The third-order valence-corrected chi connectivity index (χ3v) is 5.06. The Labute approximate surface area is 211 Å². The Balaban J connectivity index is 0.00000199. The zero-order valence-corrected chi connectivity index (χ0v) is 22.4. The first-order valence-corrected chi connectivity index (χ1v) is 13.5. The molecule has 34 heavy (non-hydrogen) atoms. The van der Waals surface area contributed by atoms with Crippen LogP contribution in [0.1, 0.15) is 57.8 Å². The molecule has 3 heterocycles. The van der Waals surface area contributed by atoms with E-state index in [0.717, 1.165) is 19.8 Å². The van der Waals surface area contributed by atoms with E-state index in [1.807, 2.05) is 18.7 Å². The number of halogens is 4. The van der Waals surface area contributed by atoms with Crippen molar-refractivity contribution in [3.63, 3.8) is 0 Å². The number of pyridine rings is 2. The van der Waals surface area contributed by atoms with E-state index >= 15 is 0 Å². The first-order chi connectivity index (χ1) is 16.0. The Morgan fingerprint density at radius 2 is 1.74 bits per heavy atom. The molecule has 0 spiro atoms. The number of rotatable bonds is 8. The summed E-state index contributed by atoms with van der Waals surface area (Å²) < 4.78 is 62.3. The number of nitrogens with one attached hydrogen (secondary N) is 1. The van der Waals surface area contributed by atoms with Gasteiger partial charge in [0.1, 0.15) is 11.6 Å². The summed E-state index contributed by atoms with van der Waals surface area (Å²) in [6.45, 7) is 6.53.